The molecular weight excluding hydrogens is 647 g/mol. The fourth-order valence-electron chi connectivity index (χ4n) is 10.2. The van der Waals surface area contributed by atoms with Crippen molar-refractivity contribution in [2.75, 3.05) is 0 Å². The first kappa shape index (κ1) is 33.2. The Morgan fingerprint density at radius 3 is 1.23 bits per heavy atom. The molecule has 4 aliphatic carbocycles. The molecule has 0 amide bonds. The van der Waals surface area contributed by atoms with Crippen LogP contribution in [0.4, 0.5) is 0 Å². The first-order valence-corrected chi connectivity index (χ1v) is 21.9. The maximum absolute atomic E-state index is 2.76. The predicted molar refractivity (Wildman–Crippen MR) is 188 cm³/mol. The van der Waals surface area contributed by atoms with Gasteiger partial charge in [0.1, 0.15) is 0 Å². The number of hydrogen-bond donors (Lipinski definition) is 0. The van der Waals surface area contributed by atoms with Crippen LogP contribution in [0.15, 0.2) is 96.1 Å². The van der Waals surface area contributed by atoms with Crippen LogP contribution in [0.5, 0.6) is 0 Å². The van der Waals surface area contributed by atoms with Crippen LogP contribution in [0.3, 0.4) is 0 Å². The number of halogens is 2. The SMILES string of the molecule is Cc1ccc(-c2cccc3c2C=C(C2CCCC2)[CH]3[Ti+2]2([CH]3C(C4CCCC4)=Cc4c(-c5ccc(C)cc5)cccc43)[CH2][CH2]2)cc1.[Cl-].[Cl-]. The molecule has 1 saturated heterocycles. The van der Waals surface area contributed by atoms with Crippen molar-refractivity contribution in [3.8, 4) is 22.3 Å². The van der Waals surface area contributed by atoms with Crippen LogP contribution in [-0.2, 0) is 16.6 Å². The fourth-order valence-corrected chi connectivity index (χ4v) is 20.6. The number of rotatable bonds is 6. The van der Waals surface area contributed by atoms with E-state index in [1.807, 2.05) is 11.1 Å². The number of fused-ring (bicyclic) bond motifs is 2. The number of allylic oxidation sites excluding steroid dienone is 2. The maximum Gasteiger partial charge on any atom is -1.00 e. The van der Waals surface area contributed by atoms with E-state index in [0.29, 0.717) is 0 Å². The molecule has 0 nitrogen and oxygen atoms in total. The van der Waals surface area contributed by atoms with Gasteiger partial charge in [-0.25, -0.2) is 0 Å². The van der Waals surface area contributed by atoms with Crippen LogP contribution in [0, 0.1) is 25.7 Å². The van der Waals surface area contributed by atoms with Crippen LogP contribution in [-0.4, -0.2) is 0 Å². The molecule has 3 heteroatoms. The summed E-state index contributed by atoms with van der Waals surface area (Å²) in [5, 5.41) is 0. The van der Waals surface area contributed by atoms with Gasteiger partial charge in [0.25, 0.3) is 0 Å². The minimum absolute atomic E-state index is 0. The number of hydrogen-bond acceptors (Lipinski definition) is 0. The van der Waals surface area contributed by atoms with Crippen molar-refractivity contribution in [3.63, 3.8) is 0 Å². The Hall–Kier alpha value is -2.35. The van der Waals surface area contributed by atoms with Crippen molar-refractivity contribution >= 4 is 12.2 Å². The molecule has 2 atom stereocenters. The molecule has 5 aliphatic rings. The molecule has 0 N–H and O–H groups in total. The average Bonchev–Trinajstić information content (AvgIpc) is 3.60. The second-order valence-corrected chi connectivity index (χ2v) is 22.4. The zero-order valence-corrected chi connectivity index (χ0v) is 30.9. The Balaban J connectivity index is 0.00000176. The normalized spacial score (nSPS) is 21.9. The van der Waals surface area contributed by atoms with E-state index < -0.39 is 16.6 Å². The first-order valence-electron chi connectivity index (χ1n) is 17.9. The van der Waals surface area contributed by atoms with Gasteiger partial charge in [-0.15, -0.1) is 0 Å². The number of benzene rings is 4. The van der Waals surface area contributed by atoms with Gasteiger partial charge in [-0.1, -0.05) is 0 Å². The zero-order valence-electron chi connectivity index (χ0n) is 27.9. The fraction of sp³-hybridized carbons (Fsp3) is 0.364. The molecule has 1 heterocycles. The number of aryl methyl sites for hydroxylation is 2. The van der Waals surface area contributed by atoms with Gasteiger partial charge in [0, 0.05) is 0 Å². The van der Waals surface area contributed by atoms with E-state index >= 15 is 0 Å². The van der Waals surface area contributed by atoms with E-state index in [2.05, 4.69) is 111 Å². The summed E-state index contributed by atoms with van der Waals surface area (Å²) < 4.78 is 4.51. The second-order valence-electron chi connectivity index (χ2n) is 15.2. The van der Waals surface area contributed by atoms with E-state index in [4.69, 9.17) is 0 Å². The van der Waals surface area contributed by atoms with Crippen LogP contribution in [0.25, 0.3) is 34.4 Å². The van der Waals surface area contributed by atoms with E-state index in [9.17, 15) is 0 Å². The predicted octanol–water partition coefficient (Wildman–Crippen LogP) is 6.61. The van der Waals surface area contributed by atoms with Crippen LogP contribution in [0.1, 0.15) is 93.2 Å². The summed E-state index contributed by atoms with van der Waals surface area (Å²) in [6, 6.07) is 33.4. The van der Waals surface area contributed by atoms with Crippen molar-refractivity contribution in [1.29, 1.82) is 0 Å². The monoisotopic (exact) mass is 692 g/mol. The van der Waals surface area contributed by atoms with E-state index in [1.165, 1.54) is 94.2 Å². The summed E-state index contributed by atoms with van der Waals surface area (Å²) in [5.74, 6) is 1.57. The van der Waals surface area contributed by atoms with Crippen molar-refractivity contribution in [2.45, 2.75) is 83.1 Å². The molecule has 240 valence electrons. The Bertz CT molecular complexity index is 1700. The molecule has 9 rings (SSSR count). The molecular formula is C44H46Cl2Ti. The third-order valence-corrected chi connectivity index (χ3v) is 20.7. The molecule has 47 heavy (non-hydrogen) atoms. The van der Waals surface area contributed by atoms with Crippen molar-refractivity contribution < 1.29 is 41.4 Å². The molecule has 4 aromatic rings. The first-order chi connectivity index (χ1) is 22.1. The standard InChI is InChI=1S/2C21H21.C2H4.2ClH.Ti/c2*1-15-9-11-17(12-10-15)20-8-4-7-18-13-19(14-21(18)20)16-5-2-3-6-16;1-2;;;/h2*4,7-14,16H,2-3,5-6H2,1H3;1-2H2;2*1H;/q;;;;;+2/p-2. The van der Waals surface area contributed by atoms with Crippen LogP contribution >= 0.6 is 0 Å². The van der Waals surface area contributed by atoms with Gasteiger partial charge in [0.2, 0.25) is 0 Å². The molecule has 2 saturated carbocycles. The van der Waals surface area contributed by atoms with E-state index in [0.717, 1.165) is 20.3 Å². The molecule has 0 aromatic heterocycles. The molecule has 0 radical (unpaired) electrons. The van der Waals surface area contributed by atoms with Crippen molar-refractivity contribution in [1.82, 2.24) is 0 Å². The zero-order chi connectivity index (χ0) is 30.1. The largest absolute Gasteiger partial charge is 1.00 e. The maximum atomic E-state index is 2.76. The van der Waals surface area contributed by atoms with Gasteiger partial charge >= 0.3 is 275 Å². The van der Waals surface area contributed by atoms with Gasteiger partial charge < -0.3 is 24.8 Å². The topological polar surface area (TPSA) is 0 Å². The summed E-state index contributed by atoms with van der Waals surface area (Å²) in [4.78, 5) is 0. The smallest absolute Gasteiger partial charge is 1.00 e. The average molecular weight is 694 g/mol. The molecule has 0 spiro atoms. The minimum Gasteiger partial charge on any atom is -1.00 e. The van der Waals surface area contributed by atoms with Crippen molar-refractivity contribution in [3.05, 3.63) is 129 Å². The molecule has 4 aromatic carbocycles. The summed E-state index contributed by atoms with van der Waals surface area (Å²) in [7, 11) is 0. The minimum atomic E-state index is -2.47. The Morgan fingerprint density at radius 1 is 0.489 bits per heavy atom. The van der Waals surface area contributed by atoms with Gasteiger partial charge in [-0.3, -0.25) is 0 Å². The molecule has 1 aliphatic heterocycles. The van der Waals surface area contributed by atoms with Crippen LogP contribution in [0.2, 0.25) is 9.45 Å². The quantitative estimate of drug-likeness (QED) is 0.200. The van der Waals surface area contributed by atoms with Gasteiger partial charge in [-0.05, 0) is 0 Å². The Kier molecular flexibility index (Phi) is 9.29. The molecule has 0 bridgehead atoms. The third-order valence-electron chi connectivity index (χ3n) is 12.5. The van der Waals surface area contributed by atoms with Gasteiger partial charge in [0.05, 0.1) is 0 Å². The second kappa shape index (κ2) is 13.2. The van der Waals surface area contributed by atoms with Gasteiger partial charge in [-0.2, -0.15) is 0 Å². The van der Waals surface area contributed by atoms with E-state index in [1.54, 1.807) is 22.3 Å². The summed E-state index contributed by atoms with van der Waals surface area (Å²) in [5.41, 5.74) is 18.7. The third kappa shape index (κ3) is 5.57. The summed E-state index contributed by atoms with van der Waals surface area (Å²) in [6.07, 6.45) is 16.8. The molecule has 2 unspecified atom stereocenters. The Labute approximate surface area is 298 Å². The van der Waals surface area contributed by atoms with E-state index in [-0.39, 0.29) is 24.8 Å². The van der Waals surface area contributed by atoms with Crippen molar-refractivity contribution in [2.24, 2.45) is 11.8 Å². The summed E-state index contributed by atoms with van der Waals surface area (Å²) >= 11 is -2.47. The Morgan fingerprint density at radius 2 is 0.872 bits per heavy atom. The van der Waals surface area contributed by atoms with Crippen LogP contribution < -0.4 is 24.8 Å². The molecule has 3 fully saturated rings. The van der Waals surface area contributed by atoms with Gasteiger partial charge in [0.15, 0.2) is 0 Å². The summed E-state index contributed by atoms with van der Waals surface area (Å²) in [6.45, 7) is 4.41.